The van der Waals surface area contributed by atoms with Crippen LogP contribution in [-0.2, 0) is 0 Å². The monoisotopic (exact) mass is 287 g/mol. The molecular formula is C21H21N. The summed E-state index contributed by atoms with van der Waals surface area (Å²) in [7, 11) is 0. The van der Waals surface area contributed by atoms with E-state index in [0.29, 0.717) is 0 Å². The fourth-order valence-electron chi connectivity index (χ4n) is 2.93. The lowest BCUT2D eigenvalue weighted by Crippen LogP contribution is -1.92. The molecule has 2 aromatic carbocycles. The third kappa shape index (κ3) is 2.67. The van der Waals surface area contributed by atoms with Gasteiger partial charge in [0.25, 0.3) is 0 Å². The number of fused-ring (bicyclic) bond motifs is 1. The van der Waals surface area contributed by atoms with Gasteiger partial charge < -0.3 is 0 Å². The number of hydrogen-bond acceptors (Lipinski definition) is 1. The topological polar surface area (TPSA) is 12.9 Å². The van der Waals surface area contributed by atoms with Crippen molar-refractivity contribution in [2.45, 2.75) is 27.7 Å². The quantitative estimate of drug-likeness (QED) is 0.568. The zero-order valence-electron chi connectivity index (χ0n) is 13.6. The fraction of sp³-hybridized carbons (Fsp3) is 0.190. The van der Waals surface area contributed by atoms with Crippen molar-refractivity contribution < 1.29 is 0 Å². The predicted octanol–water partition coefficient (Wildman–Crippen LogP) is 5.94. The highest BCUT2D eigenvalue weighted by Gasteiger charge is 2.09. The number of pyridine rings is 1. The average Bonchev–Trinajstić information content (AvgIpc) is 2.52. The van der Waals surface area contributed by atoms with E-state index in [-0.39, 0.29) is 0 Å². The smallest absolute Gasteiger partial charge is 0.0715 e. The number of hydrogen-bond donors (Lipinski definition) is 0. The first kappa shape index (κ1) is 14.5. The van der Waals surface area contributed by atoms with Crippen molar-refractivity contribution in [3.05, 3.63) is 71.3 Å². The van der Waals surface area contributed by atoms with Crippen molar-refractivity contribution in [1.82, 2.24) is 4.98 Å². The van der Waals surface area contributed by atoms with Crippen LogP contribution in [0.25, 0.3) is 27.7 Å². The van der Waals surface area contributed by atoms with Crippen molar-refractivity contribution in [3.8, 4) is 11.3 Å². The van der Waals surface area contributed by atoms with E-state index in [1.807, 2.05) is 0 Å². The summed E-state index contributed by atoms with van der Waals surface area (Å²) in [4.78, 5) is 4.88. The Balaban J connectivity index is 2.31. The Bertz CT molecular complexity index is 852. The van der Waals surface area contributed by atoms with E-state index in [2.05, 4.69) is 82.3 Å². The zero-order chi connectivity index (χ0) is 15.7. The first-order valence-electron chi connectivity index (χ1n) is 7.70. The third-order valence-electron chi connectivity index (χ3n) is 4.09. The highest BCUT2D eigenvalue weighted by Crippen LogP contribution is 2.29. The molecule has 110 valence electrons. The number of benzene rings is 2. The van der Waals surface area contributed by atoms with Crippen molar-refractivity contribution in [1.29, 1.82) is 0 Å². The van der Waals surface area contributed by atoms with Gasteiger partial charge in [0, 0.05) is 10.9 Å². The zero-order valence-corrected chi connectivity index (χ0v) is 13.6. The van der Waals surface area contributed by atoms with Gasteiger partial charge in [-0.2, -0.15) is 0 Å². The van der Waals surface area contributed by atoms with Crippen LogP contribution in [0.2, 0.25) is 0 Å². The Morgan fingerprint density at radius 2 is 1.64 bits per heavy atom. The average molecular weight is 287 g/mol. The van der Waals surface area contributed by atoms with Gasteiger partial charge in [0.1, 0.15) is 0 Å². The van der Waals surface area contributed by atoms with Gasteiger partial charge >= 0.3 is 0 Å². The van der Waals surface area contributed by atoms with E-state index in [4.69, 9.17) is 4.98 Å². The molecule has 0 aliphatic heterocycles. The molecule has 3 aromatic rings. The molecule has 0 aliphatic carbocycles. The van der Waals surface area contributed by atoms with Crippen LogP contribution in [0.3, 0.4) is 0 Å². The van der Waals surface area contributed by atoms with Crippen molar-refractivity contribution in [2.75, 3.05) is 0 Å². The van der Waals surface area contributed by atoms with Crippen LogP contribution in [-0.4, -0.2) is 4.98 Å². The van der Waals surface area contributed by atoms with E-state index < -0.39 is 0 Å². The molecule has 0 spiro atoms. The molecule has 1 heteroatoms. The summed E-state index contributed by atoms with van der Waals surface area (Å²) in [5.41, 5.74) is 8.38. The van der Waals surface area contributed by atoms with Crippen molar-refractivity contribution in [2.24, 2.45) is 0 Å². The molecule has 0 radical (unpaired) electrons. The summed E-state index contributed by atoms with van der Waals surface area (Å²) in [5.74, 6) is 0. The van der Waals surface area contributed by atoms with Crippen molar-refractivity contribution in [3.63, 3.8) is 0 Å². The maximum atomic E-state index is 4.88. The van der Waals surface area contributed by atoms with Gasteiger partial charge in [-0.3, -0.25) is 0 Å². The van der Waals surface area contributed by atoms with Crippen LogP contribution in [0.5, 0.6) is 0 Å². The minimum atomic E-state index is 1.04. The third-order valence-corrected chi connectivity index (χ3v) is 4.09. The van der Waals surface area contributed by atoms with Crippen LogP contribution in [0, 0.1) is 13.8 Å². The molecule has 0 amide bonds. The first-order valence-corrected chi connectivity index (χ1v) is 7.70. The molecule has 0 aliphatic rings. The van der Waals surface area contributed by atoms with Gasteiger partial charge in [0.15, 0.2) is 0 Å². The van der Waals surface area contributed by atoms with Gasteiger partial charge in [-0.1, -0.05) is 41.5 Å². The number of nitrogens with zero attached hydrogens (tertiary/aromatic N) is 1. The summed E-state index contributed by atoms with van der Waals surface area (Å²) >= 11 is 0. The van der Waals surface area contributed by atoms with E-state index in [0.717, 1.165) is 11.2 Å². The van der Waals surface area contributed by atoms with Crippen LogP contribution in [0.1, 0.15) is 30.5 Å². The Morgan fingerprint density at radius 3 is 2.32 bits per heavy atom. The molecule has 3 rings (SSSR count). The molecule has 0 unspecified atom stereocenters. The molecule has 0 fully saturated rings. The Hall–Kier alpha value is -2.41. The second kappa shape index (κ2) is 5.76. The Labute approximate surface area is 132 Å². The predicted molar refractivity (Wildman–Crippen MR) is 96.0 cm³/mol. The van der Waals surface area contributed by atoms with Gasteiger partial charge in [-0.25, -0.2) is 4.98 Å². The summed E-state index contributed by atoms with van der Waals surface area (Å²) in [6.07, 6.45) is 2.16. The molecule has 0 N–H and O–H groups in total. The van der Waals surface area contributed by atoms with Crippen LogP contribution >= 0.6 is 0 Å². The lowest BCUT2D eigenvalue weighted by Gasteiger charge is -2.11. The molecule has 0 bridgehead atoms. The van der Waals surface area contributed by atoms with Gasteiger partial charge in [0.2, 0.25) is 0 Å². The van der Waals surface area contributed by atoms with Crippen LogP contribution in [0.15, 0.2) is 54.6 Å². The largest absolute Gasteiger partial charge is 0.248 e. The summed E-state index contributed by atoms with van der Waals surface area (Å²) < 4.78 is 0. The normalized spacial score (nSPS) is 11.9. The molecule has 0 saturated carbocycles. The maximum absolute atomic E-state index is 4.88. The lowest BCUT2D eigenvalue weighted by molar-refractivity contribution is 1.34. The fourth-order valence-corrected chi connectivity index (χ4v) is 2.93. The van der Waals surface area contributed by atoms with Crippen LogP contribution in [0.4, 0.5) is 0 Å². The number of aryl methyl sites for hydroxylation is 2. The summed E-state index contributed by atoms with van der Waals surface area (Å²) in [6.45, 7) is 8.51. The highest BCUT2D eigenvalue weighted by atomic mass is 14.7. The molecule has 1 nitrogen and oxygen atoms in total. The van der Waals surface area contributed by atoms with E-state index in [9.17, 15) is 0 Å². The Kier molecular flexibility index (Phi) is 3.81. The standard InChI is InChI=1S/C21H21N/c1-5-16(4)19-13-21(17-11-14(2)10-15(3)12-17)22-20-9-7-6-8-18(19)20/h5-13H,1-4H3/b16-5+. The molecule has 1 heterocycles. The van der Waals surface area contributed by atoms with E-state index >= 15 is 0 Å². The van der Waals surface area contributed by atoms with Gasteiger partial charge in [0.05, 0.1) is 11.2 Å². The van der Waals surface area contributed by atoms with Gasteiger partial charge in [-0.15, -0.1) is 0 Å². The molecule has 0 atom stereocenters. The summed E-state index contributed by atoms with van der Waals surface area (Å²) in [5, 5.41) is 1.21. The lowest BCUT2D eigenvalue weighted by atomic mass is 9.98. The maximum Gasteiger partial charge on any atom is 0.0715 e. The number of rotatable bonds is 2. The molecule has 0 saturated heterocycles. The van der Waals surface area contributed by atoms with E-state index in [1.165, 1.54) is 33.2 Å². The first-order chi connectivity index (χ1) is 10.6. The second-order valence-corrected chi connectivity index (χ2v) is 5.92. The minimum absolute atomic E-state index is 1.04. The van der Waals surface area contributed by atoms with Crippen LogP contribution < -0.4 is 0 Å². The summed E-state index contributed by atoms with van der Waals surface area (Å²) in [6, 6.07) is 17.2. The number of aromatic nitrogens is 1. The van der Waals surface area contributed by atoms with Crippen molar-refractivity contribution >= 4 is 16.5 Å². The molecule has 1 aromatic heterocycles. The second-order valence-electron chi connectivity index (χ2n) is 5.92. The number of allylic oxidation sites excluding steroid dienone is 2. The molecular weight excluding hydrogens is 266 g/mol. The SMILES string of the molecule is C/C=C(\C)c1cc(-c2cc(C)cc(C)c2)nc2ccccc12. The van der Waals surface area contributed by atoms with E-state index in [1.54, 1.807) is 0 Å². The Morgan fingerprint density at radius 1 is 0.955 bits per heavy atom. The molecule has 22 heavy (non-hydrogen) atoms. The number of para-hydroxylation sites is 1. The highest BCUT2D eigenvalue weighted by molar-refractivity contribution is 5.93. The minimum Gasteiger partial charge on any atom is -0.248 e. The van der Waals surface area contributed by atoms with Gasteiger partial charge in [-0.05, 0) is 63.1 Å².